The maximum Gasteiger partial charge on any atom is 0.218 e. The van der Waals surface area contributed by atoms with Crippen LogP contribution in [0.15, 0.2) is 24.3 Å². The molecule has 2 aliphatic rings. The van der Waals surface area contributed by atoms with Crippen molar-refractivity contribution < 1.29 is 14.2 Å². The van der Waals surface area contributed by atoms with Gasteiger partial charge in [0.2, 0.25) is 11.7 Å². The number of benzene rings is 1. The molecule has 2 aliphatic heterocycles. The third kappa shape index (κ3) is 1.78. The van der Waals surface area contributed by atoms with Crippen LogP contribution in [0.25, 0.3) is 0 Å². The first-order chi connectivity index (χ1) is 11.8. The van der Waals surface area contributed by atoms with Crippen LogP contribution in [0.1, 0.15) is 25.3 Å². The summed E-state index contributed by atoms with van der Waals surface area (Å²) in [5, 5.41) is 38.0. The van der Waals surface area contributed by atoms with Gasteiger partial charge in [0, 0.05) is 6.92 Å². The molecule has 0 amide bonds. The Bertz CT molecular complexity index is 846. The van der Waals surface area contributed by atoms with Gasteiger partial charge in [-0.05, 0) is 24.6 Å². The van der Waals surface area contributed by atoms with E-state index >= 15 is 0 Å². The minimum atomic E-state index is -1.86. The van der Waals surface area contributed by atoms with Crippen molar-refractivity contribution in [2.45, 2.75) is 31.7 Å². The van der Waals surface area contributed by atoms with Crippen molar-refractivity contribution >= 4 is 5.90 Å². The smallest absolute Gasteiger partial charge is 0.218 e. The molecule has 0 radical (unpaired) electrons. The van der Waals surface area contributed by atoms with Crippen LogP contribution in [-0.2, 0) is 9.47 Å². The third-order valence-corrected chi connectivity index (χ3v) is 5.24. The Morgan fingerprint density at radius 2 is 1.72 bits per heavy atom. The van der Waals surface area contributed by atoms with Gasteiger partial charge < -0.3 is 14.2 Å². The quantitative estimate of drug-likeness (QED) is 0.885. The van der Waals surface area contributed by atoms with Gasteiger partial charge in [-0.25, -0.2) is 0 Å². The van der Waals surface area contributed by atoms with Crippen LogP contribution in [0, 0.1) is 50.2 Å². The van der Waals surface area contributed by atoms with E-state index in [0.717, 1.165) is 0 Å². The standard InChI is InChI=1S/C18H16N4O3/c1-11-17(8-19,9-20)18(10-21)14(16(2,24-11)25-15(18)22)12-4-6-13(23-3)7-5-12/h4-7,11,14,22H,1-3H3. The molecule has 1 aromatic rings. The van der Waals surface area contributed by atoms with E-state index in [1.54, 1.807) is 38.1 Å². The van der Waals surface area contributed by atoms with Crippen LogP contribution in [0.2, 0.25) is 0 Å². The second kappa shape index (κ2) is 5.21. The summed E-state index contributed by atoms with van der Waals surface area (Å²) in [6.45, 7) is 3.19. The molecule has 2 bridgehead atoms. The summed E-state index contributed by atoms with van der Waals surface area (Å²) in [4.78, 5) is 0. The van der Waals surface area contributed by atoms with Crippen molar-refractivity contribution in [3.05, 3.63) is 29.8 Å². The number of nitrogens with one attached hydrogen (secondary N) is 1. The third-order valence-electron chi connectivity index (χ3n) is 5.24. The molecule has 7 nitrogen and oxygen atoms in total. The maximum atomic E-state index is 10.0. The number of ether oxygens (including phenoxy) is 3. The van der Waals surface area contributed by atoms with E-state index in [1.165, 1.54) is 7.11 Å². The van der Waals surface area contributed by atoms with E-state index in [-0.39, 0.29) is 0 Å². The van der Waals surface area contributed by atoms with Crippen molar-refractivity contribution in [1.82, 2.24) is 0 Å². The summed E-state index contributed by atoms with van der Waals surface area (Å²) >= 11 is 0. The summed E-state index contributed by atoms with van der Waals surface area (Å²) in [6.07, 6.45) is -0.899. The van der Waals surface area contributed by atoms with Gasteiger partial charge in [-0.2, -0.15) is 15.8 Å². The molecule has 1 N–H and O–H groups in total. The maximum absolute atomic E-state index is 10.0. The van der Waals surface area contributed by atoms with Gasteiger partial charge >= 0.3 is 0 Å². The number of rotatable bonds is 2. The topological polar surface area (TPSA) is 123 Å². The molecule has 0 saturated carbocycles. The van der Waals surface area contributed by atoms with Gasteiger partial charge in [0.25, 0.3) is 0 Å². The molecule has 1 aromatic carbocycles. The van der Waals surface area contributed by atoms with Gasteiger partial charge in [0.1, 0.15) is 5.75 Å². The first kappa shape index (κ1) is 16.8. The minimum absolute atomic E-state index is 0.411. The molecule has 126 valence electrons. The number of nitrogens with zero attached hydrogens (tertiary/aromatic N) is 3. The van der Waals surface area contributed by atoms with Crippen molar-refractivity contribution in [2.75, 3.05) is 7.11 Å². The molecule has 0 spiro atoms. The van der Waals surface area contributed by atoms with Gasteiger partial charge in [-0.1, -0.05) is 12.1 Å². The average molecular weight is 336 g/mol. The van der Waals surface area contributed by atoms with Crippen molar-refractivity contribution in [2.24, 2.45) is 10.8 Å². The molecule has 2 saturated heterocycles. The summed E-state index contributed by atoms with van der Waals surface area (Å²) in [6, 6.07) is 12.9. The highest BCUT2D eigenvalue weighted by Crippen LogP contribution is 2.65. The Morgan fingerprint density at radius 1 is 1.12 bits per heavy atom. The summed E-state index contributed by atoms with van der Waals surface area (Å²) < 4.78 is 16.7. The van der Waals surface area contributed by atoms with Crippen LogP contribution >= 0.6 is 0 Å². The normalized spacial score (nSPS) is 35.0. The highest BCUT2D eigenvalue weighted by Gasteiger charge is 2.78. The second-order valence-corrected chi connectivity index (χ2v) is 6.36. The first-order valence-corrected chi connectivity index (χ1v) is 7.68. The lowest BCUT2D eigenvalue weighted by atomic mass is 9.53. The van der Waals surface area contributed by atoms with E-state index in [4.69, 9.17) is 19.6 Å². The molecule has 2 fully saturated rings. The fourth-order valence-electron chi connectivity index (χ4n) is 4.06. The summed E-state index contributed by atoms with van der Waals surface area (Å²) in [7, 11) is 1.54. The predicted octanol–water partition coefficient (Wildman–Crippen LogP) is 2.46. The van der Waals surface area contributed by atoms with E-state index in [1.807, 2.05) is 12.1 Å². The van der Waals surface area contributed by atoms with Crippen LogP contribution in [-0.4, -0.2) is 24.9 Å². The molecule has 4 atom stereocenters. The van der Waals surface area contributed by atoms with Crippen molar-refractivity contribution in [3.63, 3.8) is 0 Å². The molecule has 7 heteroatoms. The zero-order valence-corrected chi connectivity index (χ0v) is 14.0. The van der Waals surface area contributed by atoms with E-state index in [2.05, 4.69) is 6.07 Å². The predicted molar refractivity (Wildman–Crippen MR) is 85.2 cm³/mol. The number of nitriles is 3. The lowest BCUT2D eigenvalue weighted by Crippen LogP contribution is -2.59. The zero-order valence-electron chi connectivity index (χ0n) is 14.0. The number of fused-ring (bicyclic) bond motifs is 2. The van der Waals surface area contributed by atoms with Crippen molar-refractivity contribution in [1.29, 1.82) is 21.2 Å². The highest BCUT2D eigenvalue weighted by atomic mass is 16.7. The van der Waals surface area contributed by atoms with Gasteiger partial charge in [-0.3, -0.25) is 5.41 Å². The Balaban J connectivity index is 2.31. The van der Waals surface area contributed by atoms with Crippen LogP contribution in [0.3, 0.4) is 0 Å². The second-order valence-electron chi connectivity index (χ2n) is 6.36. The molecular formula is C18H16N4O3. The van der Waals surface area contributed by atoms with Gasteiger partial charge in [0.15, 0.2) is 10.8 Å². The number of methoxy groups -OCH3 is 1. The Hall–Kier alpha value is -3.08. The number of hydrogen-bond acceptors (Lipinski definition) is 7. The molecule has 25 heavy (non-hydrogen) atoms. The molecule has 0 aromatic heterocycles. The highest BCUT2D eigenvalue weighted by molar-refractivity contribution is 5.90. The molecule has 0 aliphatic carbocycles. The van der Waals surface area contributed by atoms with Gasteiger partial charge in [0.05, 0.1) is 37.3 Å². The zero-order chi connectivity index (χ0) is 18.5. The molecule has 2 heterocycles. The summed E-state index contributed by atoms with van der Waals surface area (Å²) in [5.74, 6) is -1.91. The fourth-order valence-corrected chi connectivity index (χ4v) is 4.06. The van der Waals surface area contributed by atoms with Crippen LogP contribution < -0.4 is 4.74 Å². The Morgan fingerprint density at radius 3 is 2.20 bits per heavy atom. The van der Waals surface area contributed by atoms with E-state index in [0.29, 0.717) is 11.3 Å². The Kier molecular flexibility index (Phi) is 3.49. The lowest BCUT2D eigenvalue weighted by Gasteiger charge is -2.47. The Labute approximate surface area is 145 Å². The van der Waals surface area contributed by atoms with E-state index in [9.17, 15) is 15.8 Å². The molecular weight excluding hydrogens is 320 g/mol. The molecule has 3 rings (SSSR count). The first-order valence-electron chi connectivity index (χ1n) is 7.68. The lowest BCUT2D eigenvalue weighted by molar-refractivity contribution is -0.245. The number of hydrogen-bond donors (Lipinski definition) is 1. The van der Waals surface area contributed by atoms with Crippen LogP contribution in [0.4, 0.5) is 0 Å². The molecule has 4 unspecified atom stereocenters. The fraction of sp³-hybridized carbons (Fsp3) is 0.444. The average Bonchev–Trinajstić information content (AvgIpc) is 2.79. The SMILES string of the molecule is COc1ccc(C2C3(C)OC(=N)C2(C#N)C(C#N)(C#N)C(C)O3)cc1. The summed E-state index contributed by atoms with van der Waals surface area (Å²) in [5.41, 5.74) is -2.99. The van der Waals surface area contributed by atoms with Crippen molar-refractivity contribution in [3.8, 4) is 24.0 Å². The monoisotopic (exact) mass is 336 g/mol. The minimum Gasteiger partial charge on any atom is -0.497 e. The van der Waals surface area contributed by atoms with Crippen LogP contribution in [0.5, 0.6) is 5.75 Å². The van der Waals surface area contributed by atoms with Gasteiger partial charge in [-0.15, -0.1) is 0 Å². The largest absolute Gasteiger partial charge is 0.497 e. The van der Waals surface area contributed by atoms with E-state index < -0.39 is 34.5 Å².